The standard InChI is InChI=1S/C12H15F2NOS/c13-12(14)16-11-6-2-1-5-10(11)15-9-4-3-7-17-8-9/h1-2,5-6,9,12,15H,3-4,7-8H2. The third-order valence-corrected chi connectivity index (χ3v) is 3.84. The summed E-state index contributed by atoms with van der Waals surface area (Å²) >= 11 is 1.89. The molecule has 0 bridgehead atoms. The zero-order chi connectivity index (χ0) is 12.1. The van der Waals surface area contributed by atoms with Gasteiger partial charge in [-0.3, -0.25) is 0 Å². The smallest absolute Gasteiger partial charge is 0.387 e. The van der Waals surface area contributed by atoms with E-state index in [-0.39, 0.29) is 5.75 Å². The Kier molecular flexibility index (Phi) is 4.48. The van der Waals surface area contributed by atoms with Crippen LogP contribution in [0, 0.1) is 0 Å². The summed E-state index contributed by atoms with van der Waals surface area (Å²) in [6.45, 7) is -2.78. The lowest BCUT2D eigenvalue weighted by atomic mass is 10.1. The summed E-state index contributed by atoms with van der Waals surface area (Å²) in [6.07, 6.45) is 2.25. The van der Waals surface area contributed by atoms with Gasteiger partial charge in [0, 0.05) is 11.8 Å². The zero-order valence-corrected chi connectivity index (χ0v) is 10.2. The largest absolute Gasteiger partial charge is 0.433 e. The van der Waals surface area contributed by atoms with E-state index in [2.05, 4.69) is 10.1 Å². The molecule has 1 aromatic rings. The van der Waals surface area contributed by atoms with Crippen LogP contribution in [-0.4, -0.2) is 24.2 Å². The van der Waals surface area contributed by atoms with Gasteiger partial charge in [0.05, 0.1) is 5.69 Å². The van der Waals surface area contributed by atoms with E-state index >= 15 is 0 Å². The van der Waals surface area contributed by atoms with Crippen molar-refractivity contribution in [1.29, 1.82) is 0 Å². The van der Waals surface area contributed by atoms with Crippen LogP contribution in [-0.2, 0) is 0 Å². The summed E-state index contributed by atoms with van der Waals surface area (Å²) in [5.74, 6) is 2.43. The van der Waals surface area contributed by atoms with Crippen molar-refractivity contribution in [2.45, 2.75) is 25.5 Å². The molecule has 1 aliphatic rings. The molecule has 0 spiro atoms. The molecule has 1 N–H and O–H groups in total. The number of thioether (sulfide) groups is 1. The van der Waals surface area contributed by atoms with E-state index in [4.69, 9.17) is 0 Å². The van der Waals surface area contributed by atoms with Crippen LogP contribution in [0.2, 0.25) is 0 Å². The van der Waals surface area contributed by atoms with Crippen molar-refractivity contribution in [2.75, 3.05) is 16.8 Å². The second-order valence-corrected chi connectivity index (χ2v) is 5.08. The Morgan fingerprint density at radius 1 is 1.35 bits per heavy atom. The van der Waals surface area contributed by atoms with Gasteiger partial charge in [-0.1, -0.05) is 12.1 Å². The number of hydrogen-bond donors (Lipinski definition) is 1. The number of hydrogen-bond acceptors (Lipinski definition) is 3. The summed E-state index contributed by atoms with van der Waals surface area (Å²) in [4.78, 5) is 0. The van der Waals surface area contributed by atoms with Crippen molar-refractivity contribution in [3.8, 4) is 5.75 Å². The highest BCUT2D eigenvalue weighted by molar-refractivity contribution is 7.99. The molecule has 1 heterocycles. The van der Waals surface area contributed by atoms with Crippen molar-refractivity contribution in [2.24, 2.45) is 0 Å². The zero-order valence-electron chi connectivity index (χ0n) is 9.36. The van der Waals surface area contributed by atoms with Crippen LogP contribution in [0.1, 0.15) is 12.8 Å². The molecule has 0 radical (unpaired) electrons. The molecule has 1 atom stereocenters. The van der Waals surface area contributed by atoms with Crippen LogP contribution in [0.4, 0.5) is 14.5 Å². The predicted molar refractivity (Wildman–Crippen MR) is 67.0 cm³/mol. The minimum Gasteiger partial charge on any atom is -0.433 e. The summed E-state index contributed by atoms with van der Waals surface area (Å²) in [6, 6.07) is 7.19. The van der Waals surface area contributed by atoms with Crippen LogP contribution in [0.15, 0.2) is 24.3 Å². The Morgan fingerprint density at radius 2 is 2.18 bits per heavy atom. The van der Waals surface area contributed by atoms with Gasteiger partial charge in [-0.15, -0.1) is 0 Å². The molecule has 0 aromatic heterocycles. The van der Waals surface area contributed by atoms with Crippen molar-refractivity contribution in [1.82, 2.24) is 0 Å². The summed E-state index contributed by atoms with van der Waals surface area (Å²) in [5, 5.41) is 3.28. The highest BCUT2D eigenvalue weighted by Crippen LogP contribution is 2.28. The number of para-hydroxylation sites is 2. The molecule has 0 amide bonds. The van der Waals surface area contributed by atoms with E-state index in [1.807, 2.05) is 17.8 Å². The summed E-state index contributed by atoms with van der Waals surface area (Å²) in [5.41, 5.74) is 0.653. The van der Waals surface area contributed by atoms with E-state index < -0.39 is 6.61 Å². The fourth-order valence-corrected chi connectivity index (χ4v) is 2.93. The second kappa shape index (κ2) is 6.10. The van der Waals surface area contributed by atoms with Crippen molar-refractivity contribution in [3.63, 3.8) is 0 Å². The third-order valence-electron chi connectivity index (χ3n) is 2.62. The van der Waals surface area contributed by atoms with E-state index in [1.54, 1.807) is 18.2 Å². The number of ether oxygens (including phenoxy) is 1. The second-order valence-electron chi connectivity index (χ2n) is 3.93. The van der Waals surface area contributed by atoms with Crippen LogP contribution in [0.3, 0.4) is 0 Å². The molecule has 5 heteroatoms. The Bertz CT molecular complexity index is 356. The first-order valence-electron chi connectivity index (χ1n) is 5.64. The Labute approximate surface area is 104 Å². The maximum absolute atomic E-state index is 12.2. The highest BCUT2D eigenvalue weighted by Gasteiger charge is 2.16. The molecule has 1 fully saturated rings. The van der Waals surface area contributed by atoms with Crippen molar-refractivity contribution in [3.05, 3.63) is 24.3 Å². The van der Waals surface area contributed by atoms with Crippen molar-refractivity contribution < 1.29 is 13.5 Å². The molecular formula is C12H15F2NOS. The number of alkyl halides is 2. The average molecular weight is 259 g/mol. The lowest BCUT2D eigenvalue weighted by Crippen LogP contribution is -2.26. The lowest BCUT2D eigenvalue weighted by Gasteiger charge is -2.24. The molecule has 1 aliphatic heterocycles. The molecule has 94 valence electrons. The predicted octanol–water partition coefficient (Wildman–Crippen LogP) is 3.60. The number of halogens is 2. The molecule has 0 saturated carbocycles. The minimum absolute atomic E-state index is 0.220. The normalized spacial score (nSPS) is 20.3. The van der Waals surface area contributed by atoms with Gasteiger partial charge >= 0.3 is 6.61 Å². The maximum atomic E-state index is 12.2. The SMILES string of the molecule is FC(F)Oc1ccccc1NC1CCCSC1. The quantitative estimate of drug-likeness (QED) is 0.892. The number of nitrogens with one attached hydrogen (secondary N) is 1. The first-order chi connectivity index (χ1) is 8.25. The van der Waals surface area contributed by atoms with Gasteiger partial charge in [0.25, 0.3) is 0 Å². The van der Waals surface area contributed by atoms with Gasteiger partial charge in [-0.25, -0.2) is 0 Å². The molecule has 1 unspecified atom stereocenters. The van der Waals surface area contributed by atoms with E-state index in [1.165, 1.54) is 12.2 Å². The van der Waals surface area contributed by atoms with E-state index in [9.17, 15) is 8.78 Å². The fourth-order valence-electron chi connectivity index (χ4n) is 1.86. The van der Waals surface area contributed by atoms with Gasteiger partial charge < -0.3 is 10.1 Å². The third kappa shape index (κ3) is 3.77. The molecule has 1 aromatic carbocycles. The van der Waals surface area contributed by atoms with Crippen LogP contribution in [0.25, 0.3) is 0 Å². The summed E-state index contributed by atoms with van der Waals surface area (Å²) in [7, 11) is 0. The van der Waals surface area contributed by atoms with E-state index in [0.29, 0.717) is 11.7 Å². The maximum Gasteiger partial charge on any atom is 0.387 e. The molecule has 2 rings (SSSR count). The van der Waals surface area contributed by atoms with Crippen LogP contribution in [0.5, 0.6) is 5.75 Å². The highest BCUT2D eigenvalue weighted by atomic mass is 32.2. The molecule has 17 heavy (non-hydrogen) atoms. The molecular weight excluding hydrogens is 244 g/mol. The van der Waals surface area contributed by atoms with Gasteiger partial charge in [0.2, 0.25) is 0 Å². The van der Waals surface area contributed by atoms with Crippen LogP contribution < -0.4 is 10.1 Å². The Balaban J connectivity index is 2.03. The fraction of sp³-hybridized carbons (Fsp3) is 0.500. The summed E-state index contributed by atoms with van der Waals surface area (Å²) < 4.78 is 28.9. The first kappa shape index (κ1) is 12.5. The topological polar surface area (TPSA) is 21.3 Å². The van der Waals surface area contributed by atoms with Gasteiger partial charge in [0.1, 0.15) is 5.75 Å². The van der Waals surface area contributed by atoms with Crippen molar-refractivity contribution >= 4 is 17.4 Å². The lowest BCUT2D eigenvalue weighted by molar-refractivity contribution is -0.0493. The molecule has 2 nitrogen and oxygen atoms in total. The Morgan fingerprint density at radius 3 is 2.88 bits per heavy atom. The molecule has 1 saturated heterocycles. The molecule has 0 aliphatic carbocycles. The van der Waals surface area contributed by atoms with Gasteiger partial charge in [-0.2, -0.15) is 20.5 Å². The van der Waals surface area contributed by atoms with Gasteiger partial charge in [0.15, 0.2) is 0 Å². The number of benzene rings is 1. The van der Waals surface area contributed by atoms with Gasteiger partial charge in [-0.05, 0) is 30.7 Å². The number of rotatable bonds is 4. The number of anilines is 1. The monoisotopic (exact) mass is 259 g/mol. The van der Waals surface area contributed by atoms with Crippen LogP contribution >= 0.6 is 11.8 Å². The minimum atomic E-state index is -2.78. The van der Waals surface area contributed by atoms with E-state index in [0.717, 1.165) is 12.2 Å². The Hall–Kier alpha value is -0.970. The first-order valence-corrected chi connectivity index (χ1v) is 6.79. The average Bonchev–Trinajstić information content (AvgIpc) is 2.32.